The predicted molar refractivity (Wildman–Crippen MR) is 68.4 cm³/mol. The molecule has 0 saturated carbocycles. The number of urea groups is 1. The van der Waals surface area contributed by atoms with Gasteiger partial charge in [0, 0.05) is 32.0 Å². The van der Waals surface area contributed by atoms with E-state index in [-0.39, 0.29) is 6.03 Å². The summed E-state index contributed by atoms with van der Waals surface area (Å²) in [6.07, 6.45) is 6.78. The van der Waals surface area contributed by atoms with E-state index in [4.69, 9.17) is 0 Å². The molecule has 2 amide bonds. The molecule has 1 N–H and O–H groups in total. The summed E-state index contributed by atoms with van der Waals surface area (Å²) in [6, 6.07) is 3.61. The Hall–Kier alpha value is -2.10. The summed E-state index contributed by atoms with van der Waals surface area (Å²) in [6.45, 7) is 8.75. The Bertz CT molecular complexity index is 366. The van der Waals surface area contributed by atoms with E-state index in [0.29, 0.717) is 19.6 Å². The topological polar surface area (TPSA) is 45.2 Å². The summed E-state index contributed by atoms with van der Waals surface area (Å²) in [4.78, 5) is 17.3. The third kappa shape index (κ3) is 4.51. The SMILES string of the molecule is C=CCN(CC=C)C(=O)NCc1ccncc1. The number of aromatic nitrogens is 1. The third-order valence-electron chi connectivity index (χ3n) is 2.18. The Balaban J connectivity index is 2.46. The molecular formula is C13H17N3O. The molecule has 0 bridgehead atoms. The van der Waals surface area contributed by atoms with E-state index in [0.717, 1.165) is 5.56 Å². The normalized spacial score (nSPS) is 9.41. The van der Waals surface area contributed by atoms with Gasteiger partial charge in [0.25, 0.3) is 0 Å². The summed E-state index contributed by atoms with van der Waals surface area (Å²) in [5, 5.41) is 2.83. The second-order valence-electron chi connectivity index (χ2n) is 3.50. The molecule has 0 saturated heterocycles. The average molecular weight is 231 g/mol. The first-order chi connectivity index (χ1) is 8.27. The Labute approximate surface area is 102 Å². The molecule has 17 heavy (non-hydrogen) atoms. The average Bonchev–Trinajstić information content (AvgIpc) is 2.37. The van der Waals surface area contributed by atoms with Gasteiger partial charge in [0.1, 0.15) is 0 Å². The minimum absolute atomic E-state index is 0.124. The van der Waals surface area contributed by atoms with Crippen molar-refractivity contribution in [3.05, 3.63) is 55.4 Å². The van der Waals surface area contributed by atoms with Crippen molar-refractivity contribution >= 4 is 6.03 Å². The van der Waals surface area contributed by atoms with Gasteiger partial charge >= 0.3 is 6.03 Å². The zero-order chi connectivity index (χ0) is 12.5. The van der Waals surface area contributed by atoms with Gasteiger partial charge in [0.05, 0.1) is 0 Å². The first-order valence-electron chi connectivity index (χ1n) is 5.41. The van der Waals surface area contributed by atoms with Crippen LogP contribution in [0.25, 0.3) is 0 Å². The lowest BCUT2D eigenvalue weighted by Crippen LogP contribution is -2.39. The van der Waals surface area contributed by atoms with Crippen LogP contribution in [-0.4, -0.2) is 29.0 Å². The second kappa shape index (κ2) is 7.22. The maximum atomic E-state index is 11.8. The summed E-state index contributed by atoms with van der Waals surface area (Å²) in [7, 11) is 0. The molecule has 4 nitrogen and oxygen atoms in total. The van der Waals surface area contributed by atoms with Gasteiger partial charge in [0.15, 0.2) is 0 Å². The minimum Gasteiger partial charge on any atom is -0.334 e. The maximum Gasteiger partial charge on any atom is 0.318 e. The van der Waals surface area contributed by atoms with Crippen LogP contribution in [0.2, 0.25) is 0 Å². The number of hydrogen-bond donors (Lipinski definition) is 1. The van der Waals surface area contributed by atoms with Crippen LogP contribution in [0, 0.1) is 0 Å². The van der Waals surface area contributed by atoms with Crippen LogP contribution in [-0.2, 0) is 6.54 Å². The summed E-state index contributed by atoms with van der Waals surface area (Å²) in [5.74, 6) is 0. The number of carbonyl (C=O) groups is 1. The summed E-state index contributed by atoms with van der Waals surface area (Å²) >= 11 is 0. The van der Waals surface area contributed by atoms with Gasteiger partial charge in [-0.2, -0.15) is 0 Å². The molecule has 1 heterocycles. The van der Waals surface area contributed by atoms with E-state index in [9.17, 15) is 4.79 Å². The van der Waals surface area contributed by atoms with Crippen LogP contribution in [0.3, 0.4) is 0 Å². The third-order valence-corrected chi connectivity index (χ3v) is 2.18. The highest BCUT2D eigenvalue weighted by molar-refractivity contribution is 5.74. The molecule has 1 rings (SSSR count). The van der Waals surface area contributed by atoms with Crippen LogP contribution in [0.5, 0.6) is 0 Å². The van der Waals surface area contributed by atoms with Crippen molar-refractivity contribution < 1.29 is 4.79 Å². The Morgan fingerprint density at radius 2 is 1.88 bits per heavy atom. The molecule has 0 spiro atoms. The van der Waals surface area contributed by atoms with Gasteiger partial charge in [-0.1, -0.05) is 12.2 Å². The monoisotopic (exact) mass is 231 g/mol. The van der Waals surface area contributed by atoms with E-state index < -0.39 is 0 Å². The molecule has 1 aromatic rings. The van der Waals surface area contributed by atoms with Crippen molar-refractivity contribution in [2.45, 2.75) is 6.54 Å². The largest absolute Gasteiger partial charge is 0.334 e. The number of hydrogen-bond acceptors (Lipinski definition) is 2. The number of amides is 2. The standard InChI is InChI=1S/C13H17N3O/c1-3-9-16(10-4-2)13(17)15-11-12-5-7-14-8-6-12/h3-8H,1-2,9-11H2,(H,15,17). The van der Waals surface area contributed by atoms with Crippen molar-refractivity contribution in [3.8, 4) is 0 Å². The van der Waals surface area contributed by atoms with Crippen LogP contribution >= 0.6 is 0 Å². The fourth-order valence-electron chi connectivity index (χ4n) is 1.34. The summed E-state index contributed by atoms with van der Waals surface area (Å²) < 4.78 is 0. The van der Waals surface area contributed by atoms with Gasteiger partial charge in [-0.3, -0.25) is 4.98 Å². The molecule has 0 radical (unpaired) electrons. The molecule has 4 heteroatoms. The fourth-order valence-corrected chi connectivity index (χ4v) is 1.34. The van der Waals surface area contributed by atoms with Gasteiger partial charge in [-0.25, -0.2) is 4.79 Å². The maximum absolute atomic E-state index is 11.8. The Morgan fingerprint density at radius 3 is 2.41 bits per heavy atom. The van der Waals surface area contributed by atoms with Gasteiger partial charge in [-0.15, -0.1) is 13.2 Å². The molecule has 90 valence electrons. The lowest BCUT2D eigenvalue weighted by atomic mass is 10.3. The van der Waals surface area contributed by atoms with Crippen molar-refractivity contribution in [2.75, 3.05) is 13.1 Å². The molecule has 0 unspecified atom stereocenters. The van der Waals surface area contributed by atoms with Crippen LogP contribution < -0.4 is 5.32 Å². The molecule has 0 atom stereocenters. The van der Waals surface area contributed by atoms with Crippen LogP contribution in [0.15, 0.2) is 49.8 Å². The smallest absolute Gasteiger partial charge is 0.318 e. The lowest BCUT2D eigenvalue weighted by molar-refractivity contribution is 0.208. The molecule has 0 fully saturated rings. The van der Waals surface area contributed by atoms with Gasteiger partial charge in [0.2, 0.25) is 0 Å². The number of nitrogens with zero attached hydrogens (tertiary/aromatic N) is 2. The highest BCUT2D eigenvalue weighted by Crippen LogP contribution is 1.97. The van der Waals surface area contributed by atoms with Crippen molar-refractivity contribution in [3.63, 3.8) is 0 Å². The lowest BCUT2D eigenvalue weighted by Gasteiger charge is -2.19. The fraction of sp³-hybridized carbons (Fsp3) is 0.231. The second-order valence-corrected chi connectivity index (χ2v) is 3.50. The van der Waals surface area contributed by atoms with Crippen molar-refractivity contribution in [1.82, 2.24) is 15.2 Å². The highest BCUT2D eigenvalue weighted by atomic mass is 16.2. The molecule has 0 aromatic carbocycles. The molecular weight excluding hydrogens is 214 g/mol. The Morgan fingerprint density at radius 1 is 1.29 bits per heavy atom. The first-order valence-corrected chi connectivity index (χ1v) is 5.41. The quantitative estimate of drug-likeness (QED) is 0.761. The predicted octanol–water partition coefficient (Wildman–Crippen LogP) is 1.97. The van der Waals surface area contributed by atoms with Gasteiger partial charge in [-0.05, 0) is 17.7 Å². The van der Waals surface area contributed by atoms with Crippen LogP contribution in [0.4, 0.5) is 4.79 Å². The number of pyridine rings is 1. The van der Waals surface area contributed by atoms with E-state index in [1.54, 1.807) is 29.4 Å². The number of carbonyl (C=O) groups excluding carboxylic acids is 1. The van der Waals surface area contributed by atoms with Gasteiger partial charge < -0.3 is 10.2 Å². The molecule has 0 aliphatic carbocycles. The van der Waals surface area contributed by atoms with Crippen molar-refractivity contribution in [2.24, 2.45) is 0 Å². The minimum atomic E-state index is -0.124. The van der Waals surface area contributed by atoms with Crippen molar-refractivity contribution in [1.29, 1.82) is 0 Å². The van der Waals surface area contributed by atoms with E-state index >= 15 is 0 Å². The zero-order valence-corrected chi connectivity index (χ0v) is 9.80. The molecule has 0 aliphatic heterocycles. The molecule has 0 aliphatic rings. The van der Waals surface area contributed by atoms with Crippen LogP contribution in [0.1, 0.15) is 5.56 Å². The van der Waals surface area contributed by atoms with E-state index in [1.807, 2.05) is 12.1 Å². The number of rotatable bonds is 6. The summed E-state index contributed by atoms with van der Waals surface area (Å²) in [5.41, 5.74) is 1.02. The number of nitrogens with one attached hydrogen (secondary N) is 1. The first kappa shape index (κ1) is 13.0. The van der Waals surface area contributed by atoms with E-state index in [1.165, 1.54) is 0 Å². The molecule has 1 aromatic heterocycles. The Kier molecular flexibility index (Phi) is 5.51. The zero-order valence-electron chi connectivity index (χ0n) is 9.80. The van der Waals surface area contributed by atoms with E-state index in [2.05, 4.69) is 23.5 Å². The highest BCUT2D eigenvalue weighted by Gasteiger charge is 2.09.